The lowest BCUT2D eigenvalue weighted by Gasteiger charge is -2.16. The predicted octanol–water partition coefficient (Wildman–Crippen LogP) is 4.36. The molecular formula is C39H37ClN8O4. The second kappa shape index (κ2) is 15.3. The highest BCUT2D eigenvalue weighted by Gasteiger charge is 2.22. The maximum absolute atomic E-state index is 13.3. The second-order valence-corrected chi connectivity index (χ2v) is 13.4. The highest BCUT2D eigenvalue weighted by Crippen LogP contribution is 2.40. The monoisotopic (exact) mass is 716 g/mol. The molecule has 0 radical (unpaired) electrons. The molecule has 2 aliphatic heterocycles. The van der Waals surface area contributed by atoms with Crippen LogP contribution in [-0.2, 0) is 22.7 Å². The Balaban J connectivity index is 1.12. The molecule has 0 spiro atoms. The quantitative estimate of drug-likeness (QED) is 0.147. The highest BCUT2D eigenvalue weighted by molar-refractivity contribution is 6.36. The lowest BCUT2D eigenvalue weighted by atomic mass is 9.92. The van der Waals surface area contributed by atoms with Gasteiger partial charge in [-0.3, -0.25) is 18.8 Å². The molecule has 2 amide bonds. The Bertz CT molecular complexity index is 2280. The van der Waals surface area contributed by atoms with E-state index in [1.165, 1.54) is 4.40 Å². The summed E-state index contributed by atoms with van der Waals surface area (Å²) < 4.78 is 7.14. The number of benzene rings is 2. The van der Waals surface area contributed by atoms with Crippen LogP contribution in [0, 0.1) is 11.3 Å². The number of amides is 2. The molecule has 5 heterocycles. The number of hydrogen-bond donors (Lipinski definition) is 4. The van der Waals surface area contributed by atoms with Gasteiger partial charge in [0.05, 0.1) is 23.4 Å². The summed E-state index contributed by atoms with van der Waals surface area (Å²) in [6.45, 7) is 2.07. The first kappa shape index (κ1) is 34.8. The molecule has 12 nitrogen and oxygen atoms in total. The molecule has 3 aromatic heterocycles. The van der Waals surface area contributed by atoms with E-state index in [1.807, 2.05) is 60.7 Å². The summed E-state index contributed by atoms with van der Waals surface area (Å²) in [7, 11) is 1.56. The Kier molecular flexibility index (Phi) is 10.3. The van der Waals surface area contributed by atoms with Gasteiger partial charge < -0.3 is 26.0 Å². The summed E-state index contributed by atoms with van der Waals surface area (Å²) in [5.74, 6) is 0.579. The van der Waals surface area contributed by atoms with E-state index in [9.17, 15) is 19.6 Å². The summed E-state index contributed by atoms with van der Waals surface area (Å²) in [4.78, 5) is 45.6. The molecule has 0 bridgehead atoms. The number of pyridine rings is 2. The molecule has 7 rings (SSSR count). The van der Waals surface area contributed by atoms with E-state index in [2.05, 4.69) is 32.3 Å². The van der Waals surface area contributed by atoms with Gasteiger partial charge in [0.2, 0.25) is 17.7 Å². The number of fused-ring (bicyclic) bond motifs is 1. The van der Waals surface area contributed by atoms with Gasteiger partial charge >= 0.3 is 0 Å². The smallest absolute Gasteiger partial charge is 0.262 e. The normalized spacial score (nSPS) is 16.9. The van der Waals surface area contributed by atoms with Gasteiger partial charge in [-0.15, -0.1) is 0 Å². The van der Waals surface area contributed by atoms with Crippen LogP contribution in [0.5, 0.6) is 5.88 Å². The van der Waals surface area contributed by atoms with Gasteiger partial charge in [-0.2, -0.15) is 5.26 Å². The molecular weight excluding hydrogens is 680 g/mol. The average molecular weight is 717 g/mol. The van der Waals surface area contributed by atoms with Gasteiger partial charge in [-0.05, 0) is 36.6 Å². The number of rotatable bonds is 12. The molecule has 5 aromatic rings. The number of carbonyl (C=O) groups is 2. The van der Waals surface area contributed by atoms with Crippen molar-refractivity contribution in [2.75, 3.05) is 20.2 Å². The molecule has 52 heavy (non-hydrogen) atoms. The zero-order valence-electron chi connectivity index (χ0n) is 28.5. The third-order valence-electron chi connectivity index (χ3n) is 9.55. The minimum Gasteiger partial charge on any atom is -0.481 e. The van der Waals surface area contributed by atoms with Crippen LogP contribution in [0.3, 0.4) is 0 Å². The van der Waals surface area contributed by atoms with Crippen LogP contribution in [-0.4, -0.2) is 58.5 Å². The van der Waals surface area contributed by atoms with Gasteiger partial charge in [0.15, 0.2) is 0 Å². The molecule has 0 saturated carbocycles. The third kappa shape index (κ3) is 7.25. The summed E-state index contributed by atoms with van der Waals surface area (Å²) in [5.41, 5.74) is 6.14. The minimum absolute atomic E-state index is 0.0537. The molecule has 2 saturated heterocycles. The van der Waals surface area contributed by atoms with Gasteiger partial charge in [-0.25, -0.2) is 9.97 Å². The first-order valence-electron chi connectivity index (χ1n) is 17.2. The summed E-state index contributed by atoms with van der Waals surface area (Å²) in [6, 6.07) is 21.2. The summed E-state index contributed by atoms with van der Waals surface area (Å²) in [5, 5.41) is 23.4. The molecule has 2 aliphatic rings. The number of methoxy groups -OCH3 is 1. The van der Waals surface area contributed by atoms with E-state index in [0.717, 1.165) is 29.5 Å². The Morgan fingerprint density at radius 3 is 2.19 bits per heavy atom. The van der Waals surface area contributed by atoms with Gasteiger partial charge in [0.25, 0.3) is 5.56 Å². The Hall–Kier alpha value is -5.61. The van der Waals surface area contributed by atoms with Crippen LogP contribution in [0.1, 0.15) is 42.4 Å². The predicted molar refractivity (Wildman–Crippen MR) is 198 cm³/mol. The van der Waals surface area contributed by atoms with E-state index < -0.39 is 0 Å². The number of nitrogens with one attached hydrogen (secondary N) is 4. The third-order valence-corrected chi connectivity index (χ3v) is 9.95. The van der Waals surface area contributed by atoms with E-state index in [4.69, 9.17) is 21.3 Å². The first-order valence-corrected chi connectivity index (χ1v) is 17.6. The summed E-state index contributed by atoms with van der Waals surface area (Å²) in [6.07, 6.45) is 5.94. The molecule has 2 aromatic carbocycles. The molecule has 264 valence electrons. The average Bonchev–Trinajstić information content (AvgIpc) is 3.78. The lowest BCUT2D eigenvalue weighted by molar-refractivity contribution is -0.120. The fraction of sp³-hybridized carbons (Fsp3) is 0.282. The van der Waals surface area contributed by atoms with Gasteiger partial charge in [0.1, 0.15) is 11.7 Å². The number of hydrogen-bond acceptors (Lipinski definition) is 9. The molecule has 2 atom stereocenters. The van der Waals surface area contributed by atoms with Crippen molar-refractivity contribution < 1.29 is 14.3 Å². The Morgan fingerprint density at radius 1 is 0.885 bits per heavy atom. The maximum Gasteiger partial charge on any atom is 0.262 e. The fourth-order valence-electron chi connectivity index (χ4n) is 6.83. The van der Waals surface area contributed by atoms with Gasteiger partial charge in [0, 0.05) is 96.9 Å². The van der Waals surface area contributed by atoms with Crippen LogP contribution >= 0.6 is 11.6 Å². The van der Waals surface area contributed by atoms with E-state index in [0.29, 0.717) is 89.1 Å². The van der Waals surface area contributed by atoms with Crippen molar-refractivity contribution in [3.8, 4) is 45.5 Å². The van der Waals surface area contributed by atoms with Crippen molar-refractivity contribution in [2.45, 2.75) is 50.9 Å². The zero-order valence-corrected chi connectivity index (χ0v) is 29.3. The van der Waals surface area contributed by atoms with E-state index in [-0.39, 0.29) is 29.5 Å². The molecule has 0 unspecified atom stereocenters. The van der Waals surface area contributed by atoms with Crippen molar-refractivity contribution in [1.82, 2.24) is 35.6 Å². The molecule has 4 N–H and O–H groups in total. The Labute approximate surface area is 305 Å². The Morgan fingerprint density at radius 2 is 1.54 bits per heavy atom. The number of aromatic nitrogens is 3. The van der Waals surface area contributed by atoms with Crippen LogP contribution in [0.15, 0.2) is 77.9 Å². The standard InChI is InChI=1S/C39H37ClN8O4/c1-52-38-24(18-42-21-26-9-12-35(49)45-26)8-11-33(47-38)30-6-3-5-29(32(30)17-41)31-7-2-4-28(37(31)40)23-14-15-48-34(16-23)44-20-25(39(48)51)19-43-22-27-10-13-36(50)46-27/h2-8,11,14-16,20,26-27,42-43H,9-10,12-13,18-19,21-22H2,1H3,(H,45,49)(H,46,50)/t26-,27-/m1/s1. The van der Waals surface area contributed by atoms with Crippen molar-refractivity contribution in [3.05, 3.63) is 105 Å². The number of nitriles is 1. The summed E-state index contributed by atoms with van der Waals surface area (Å²) >= 11 is 7.11. The number of halogens is 1. The SMILES string of the molecule is COc1nc(-c2cccc(-c3cccc(-c4ccn5c(=O)c(CNC[C@H]6CCC(=O)N6)cnc5c4)c3Cl)c2C#N)ccc1CNC[C@H]1CCC(=O)N1. The minimum atomic E-state index is -0.177. The van der Waals surface area contributed by atoms with E-state index >= 15 is 0 Å². The van der Waals surface area contributed by atoms with Gasteiger partial charge in [-0.1, -0.05) is 54.1 Å². The van der Waals surface area contributed by atoms with Crippen molar-refractivity contribution in [2.24, 2.45) is 0 Å². The van der Waals surface area contributed by atoms with E-state index in [1.54, 1.807) is 19.5 Å². The van der Waals surface area contributed by atoms with Crippen molar-refractivity contribution in [3.63, 3.8) is 0 Å². The molecule has 13 heteroatoms. The maximum atomic E-state index is 13.3. The highest BCUT2D eigenvalue weighted by atomic mass is 35.5. The molecule has 0 aliphatic carbocycles. The van der Waals surface area contributed by atoms with Crippen LogP contribution in [0.4, 0.5) is 0 Å². The van der Waals surface area contributed by atoms with Crippen LogP contribution < -0.4 is 31.6 Å². The lowest BCUT2D eigenvalue weighted by Crippen LogP contribution is -2.36. The topological polar surface area (TPSA) is 163 Å². The first-order chi connectivity index (χ1) is 25.3. The zero-order chi connectivity index (χ0) is 36.2. The van der Waals surface area contributed by atoms with Crippen LogP contribution in [0.25, 0.3) is 39.2 Å². The van der Waals surface area contributed by atoms with Crippen LogP contribution in [0.2, 0.25) is 5.02 Å². The second-order valence-electron chi connectivity index (χ2n) is 13.0. The van der Waals surface area contributed by atoms with Crippen molar-refractivity contribution in [1.29, 1.82) is 5.26 Å². The molecule has 2 fully saturated rings. The largest absolute Gasteiger partial charge is 0.481 e. The number of ether oxygens (including phenoxy) is 1. The van der Waals surface area contributed by atoms with Crippen molar-refractivity contribution >= 4 is 29.1 Å². The number of nitrogens with zero attached hydrogens (tertiary/aromatic N) is 4. The fourth-order valence-corrected chi connectivity index (χ4v) is 7.17. The number of carbonyl (C=O) groups excluding carboxylic acids is 2.